The molecule has 0 unspecified atom stereocenters. The van der Waals surface area contributed by atoms with Gasteiger partial charge in [0.15, 0.2) is 9.84 Å². The maximum absolute atomic E-state index is 12.0. The van der Waals surface area contributed by atoms with E-state index >= 15 is 0 Å². The van der Waals surface area contributed by atoms with Crippen LogP contribution in [0.1, 0.15) is 20.3 Å². The van der Waals surface area contributed by atoms with E-state index in [4.69, 9.17) is 10.5 Å². The smallest absolute Gasteiger partial charge is 0.241 e. The molecule has 6 nitrogen and oxygen atoms in total. The van der Waals surface area contributed by atoms with Crippen LogP contribution < -0.4 is 15.8 Å². The lowest BCUT2D eigenvalue weighted by Crippen LogP contribution is -2.36. The molecule has 2 rings (SSSR count). The van der Waals surface area contributed by atoms with Gasteiger partial charge in [-0.1, -0.05) is 13.8 Å². The van der Waals surface area contributed by atoms with E-state index in [2.05, 4.69) is 5.32 Å². The van der Waals surface area contributed by atoms with Gasteiger partial charge >= 0.3 is 0 Å². The highest BCUT2D eigenvalue weighted by Crippen LogP contribution is 2.24. The van der Waals surface area contributed by atoms with Gasteiger partial charge in [-0.05, 0) is 60.9 Å². The van der Waals surface area contributed by atoms with Crippen LogP contribution in [0.2, 0.25) is 0 Å². The first-order chi connectivity index (χ1) is 12.1. The minimum Gasteiger partial charge on any atom is -0.457 e. The van der Waals surface area contributed by atoms with Gasteiger partial charge in [0.25, 0.3) is 0 Å². The van der Waals surface area contributed by atoms with Crippen LogP contribution in [-0.4, -0.2) is 26.6 Å². The SMILES string of the molecule is CC(C)C[C@H](N)C(=O)Nc1ccc(Oc2ccc(S(C)(=O)=O)cc2)cc1.Cl. The van der Waals surface area contributed by atoms with Gasteiger partial charge in [0.05, 0.1) is 10.9 Å². The quantitative estimate of drug-likeness (QED) is 0.723. The maximum atomic E-state index is 12.0. The van der Waals surface area contributed by atoms with Gasteiger partial charge < -0.3 is 15.8 Å². The van der Waals surface area contributed by atoms with E-state index in [1.165, 1.54) is 12.1 Å². The fourth-order valence-corrected chi connectivity index (χ4v) is 2.98. The number of rotatable bonds is 7. The van der Waals surface area contributed by atoms with Crippen LogP contribution in [0, 0.1) is 5.92 Å². The first kappa shape index (κ1) is 23.0. The Bertz CT molecular complexity index is 850. The number of sulfone groups is 1. The molecule has 0 aliphatic rings. The average Bonchev–Trinajstić information content (AvgIpc) is 2.55. The molecule has 0 fully saturated rings. The number of hydrogen-bond donors (Lipinski definition) is 2. The number of amides is 1. The molecule has 0 aromatic heterocycles. The topological polar surface area (TPSA) is 98.5 Å². The van der Waals surface area contributed by atoms with Crippen LogP contribution in [0.25, 0.3) is 0 Å². The molecule has 27 heavy (non-hydrogen) atoms. The molecular formula is C19H25ClN2O4S. The molecule has 0 spiro atoms. The van der Waals surface area contributed by atoms with E-state index < -0.39 is 15.9 Å². The Balaban J connectivity index is 0.00000364. The first-order valence-electron chi connectivity index (χ1n) is 8.29. The molecule has 0 radical (unpaired) electrons. The number of hydrogen-bond acceptors (Lipinski definition) is 5. The third-order valence-corrected chi connectivity index (χ3v) is 4.80. The number of carbonyl (C=O) groups is 1. The second-order valence-electron chi connectivity index (χ2n) is 6.60. The van der Waals surface area contributed by atoms with Gasteiger partial charge in [0.2, 0.25) is 5.91 Å². The third kappa shape index (κ3) is 7.21. The normalized spacial score (nSPS) is 12.2. The summed E-state index contributed by atoms with van der Waals surface area (Å²) in [5.74, 6) is 1.22. The maximum Gasteiger partial charge on any atom is 0.241 e. The Kier molecular flexibility index (Phi) is 8.27. The Hall–Kier alpha value is -2.09. The van der Waals surface area contributed by atoms with Gasteiger partial charge in [-0.3, -0.25) is 4.79 Å². The summed E-state index contributed by atoms with van der Waals surface area (Å²) in [5.41, 5.74) is 6.49. The third-order valence-electron chi connectivity index (χ3n) is 3.67. The number of carbonyl (C=O) groups excluding carboxylic acids is 1. The van der Waals surface area contributed by atoms with Crippen LogP contribution in [0.15, 0.2) is 53.4 Å². The minimum atomic E-state index is -3.23. The summed E-state index contributed by atoms with van der Waals surface area (Å²) in [6.45, 7) is 4.03. The second-order valence-corrected chi connectivity index (χ2v) is 8.61. The van der Waals surface area contributed by atoms with Crippen molar-refractivity contribution < 1.29 is 17.9 Å². The molecule has 0 heterocycles. The van der Waals surface area contributed by atoms with Crippen molar-refractivity contribution in [1.29, 1.82) is 0 Å². The van der Waals surface area contributed by atoms with Gasteiger partial charge in [-0.25, -0.2) is 8.42 Å². The number of benzene rings is 2. The first-order valence-corrected chi connectivity index (χ1v) is 10.2. The number of anilines is 1. The fraction of sp³-hybridized carbons (Fsp3) is 0.316. The zero-order valence-electron chi connectivity index (χ0n) is 15.5. The predicted molar refractivity (Wildman–Crippen MR) is 109 cm³/mol. The molecule has 148 valence electrons. The summed E-state index contributed by atoms with van der Waals surface area (Å²) >= 11 is 0. The molecule has 2 aromatic carbocycles. The number of nitrogens with one attached hydrogen (secondary N) is 1. The number of nitrogens with two attached hydrogens (primary N) is 1. The lowest BCUT2D eigenvalue weighted by atomic mass is 10.0. The van der Waals surface area contributed by atoms with E-state index in [9.17, 15) is 13.2 Å². The van der Waals surface area contributed by atoms with E-state index in [0.29, 0.717) is 29.5 Å². The molecule has 8 heteroatoms. The lowest BCUT2D eigenvalue weighted by molar-refractivity contribution is -0.117. The lowest BCUT2D eigenvalue weighted by Gasteiger charge is -2.14. The van der Waals surface area contributed by atoms with Gasteiger partial charge in [0, 0.05) is 11.9 Å². The zero-order chi connectivity index (χ0) is 19.3. The minimum absolute atomic E-state index is 0. The highest BCUT2D eigenvalue weighted by atomic mass is 35.5. The van der Waals surface area contributed by atoms with Crippen LogP contribution >= 0.6 is 12.4 Å². The molecular weight excluding hydrogens is 388 g/mol. The summed E-state index contributed by atoms with van der Waals surface area (Å²) in [4.78, 5) is 12.3. The van der Waals surface area contributed by atoms with E-state index in [1.54, 1.807) is 36.4 Å². The fourth-order valence-electron chi connectivity index (χ4n) is 2.35. The Morgan fingerprint density at radius 3 is 1.96 bits per heavy atom. The van der Waals surface area contributed by atoms with Crippen LogP contribution in [0.5, 0.6) is 11.5 Å². The molecule has 3 N–H and O–H groups in total. The van der Waals surface area contributed by atoms with Crippen molar-refractivity contribution in [3.63, 3.8) is 0 Å². The van der Waals surface area contributed by atoms with Gasteiger partial charge in [-0.2, -0.15) is 0 Å². The largest absolute Gasteiger partial charge is 0.457 e. The molecule has 1 atom stereocenters. The zero-order valence-corrected chi connectivity index (χ0v) is 17.1. The summed E-state index contributed by atoms with van der Waals surface area (Å²) in [6, 6.07) is 12.5. The summed E-state index contributed by atoms with van der Waals surface area (Å²) in [7, 11) is -3.23. The highest BCUT2D eigenvalue weighted by Gasteiger charge is 2.15. The summed E-state index contributed by atoms with van der Waals surface area (Å²) in [6.07, 6.45) is 1.78. The molecule has 0 bridgehead atoms. The molecule has 0 aliphatic carbocycles. The van der Waals surface area contributed by atoms with Crippen LogP contribution in [0.3, 0.4) is 0 Å². The van der Waals surface area contributed by atoms with E-state index in [0.717, 1.165) is 6.26 Å². The monoisotopic (exact) mass is 412 g/mol. The van der Waals surface area contributed by atoms with E-state index in [1.807, 2.05) is 13.8 Å². The Labute approximate surface area is 166 Å². The van der Waals surface area contributed by atoms with Gasteiger partial charge in [0.1, 0.15) is 11.5 Å². The van der Waals surface area contributed by atoms with Crippen LogP contribution in [0.4, 0.5) is 5.69 Å². The highest BCUT2D eigenvalue weighted by molar-refractivity contribution is 7.90. The van der Waals surface area contributed by atoms with Crippen molar-refractivity contribution in [3.05, 3.63) is 48.5 Å². The van der Waals surface area contributed by atoms with Crippen molar-refractivity contribution in [2.75, 3.05) is 11.6 Å². The molecule has 0 saturated carbocycles. The van der Waals surface area contributed by atoms with Gasteiger partial charge in [-0.15, -0.1) is 12.4 Å². The standard InChI is InChI=1S/C19H24N2O4S.ClH/c1-13(2)12-18(20)19(22)21-14-4-6-15(7-5-14)25-16-8-10-17(11-9-16)26(3,23)24;/h4-11,13,18H,12,20H2,1-3H3,(H,21,22);1H/t18-;/m0./s1. The predicted octanol–water partition coefficient (Wildman–Crippen LogP) is 3.62. The van der Waals surface area contributed by atoms with Crippen molar-refractivity contribution in [3.8, 4) is 11.5 Å². The van der Waals surface area contributed by atoms with Crippen molar-refractivity contribution in [1.82, 2.24) is 0 Å². The Morgan fingerprint density at radius 2 is 1.52 bits per heavy atom. The molecule has 2 aromatic rings. The molecule has 0 aliphatic heterocycles. The molecule has 1 amide bonds. The van der Waals surface area contributed by atoms with Crippen molar-refractivity contribution in [2.24, 2.45) is 11.7 Å². The van der Waals surface area contributed by atoms with Crippen molar-refractivity contribution in [2.45, 2.75) is 31.2 Å². The molecule has 0 saturated heterocycles. The van der Waals surface area contributed by atoms with Crippen LogP contribution in [-0.2, 0) is 14.6 Å². The average molecular weight is 413 g/mol. The number of ether oxygens (including phenoxy) is 1. The Morgan fingerprint density at radius 1 is 1.04 bits per heavy atom. The summed E-state index contributed by atoms with van der Waals surface area (Å²) in [5, 5.41) is 2.78. The summed E-state index contributed by atoms with van der Waals surface area (Å²) < 4.78 is 28.6. The number of halogens is 1. The van der Waals surface area contributed by atoms with E-state index in [-0.39, 0.29) is 23.2 Å². The second kappa shape index (κ2) is 9.73. The van der Waals surface area contributed by atoms with Crippen molar-refractivity contribution >= 4 is 33.8 Å².